The van der Waals surface area contributed by atoms with Crippen molar-refractivity contribution in [3.05, 3.63) is 42.0 Å². The lowest BCUT2D eigenvalue weighted by Gasteiger charge is -1.92. The molecule has 2 nitrogen and oxygen atoms in total. The van der Waals surface area contributed by atoms with Gasteiger partial charge in [0.15, 0.2) is 19.7 Å². The first-order valence-corrected chi connectivity index (χ1v) is 5.29. The third-order valence-corrected chi connectivity index (χ3v) is 2.55. The maximum Gasteiger partial charge on any atom is 0.333 e. The highest BCUT2D eigenvalue weighted by Crippen LogP contribution is 2.01. The molecule has 1 aromatic rings. The molecule has 0 fully saturated rings. The van der Waals surface area contributed by atoms with E-state index in [9.17, 15) is 0 Å². The van der Waals surface area contributed by atoms with Gasteiger partial charge in [0.25, 0.3) is 0 Å². The summed E-state index contributed by atoms with van der Waals surface area (Å²) in [6, 6.07) is 10.3. The summed E-state index contributed by atoms with van der Waals surface area (Å²) in [5, 5.41) is 0. The average molecular weight is 282 g/mol. The number of ether oxygens (including phenoxy) is 1. The summed E-state index contributed by atoms with van der Waals surface area (Å²) < 4.78 is 7.61. The van der Waals surface area contributed by atoms with Gasteiger partial charge in [-0.3, -0.25) is 0 Å². The molecule has 1 aliphatic heterocycles. The van der Waals surface area contributed by atoms with Gasteiger partial charge in [0, 0.05) is 0 Å². The van der Waals surface area contributed by atoms with Gasteiger partial charge in [-0.25, -0.2) is 0 Å². The van der Waals surface area contributed by atoms with E-state index in [0.29, 0.717) is 0 Å². The van der Waals surface area contributed by atoms with E-state index in [-0.39, 0.29) is 17.0 Å². The molecular weight excluding hydrogens is 266 g/mol. The van der Waals surface area contributed by atoms with E-state index in [1.165, 1.54) is 5.56 Å². The van der Waals surface area contributed by atoms with Crippen LogP contribution in [0, 0.1) is 0 Å². The van der Waals surface area contributed by atoms with Crippen LogP contribution >= 0.6 is 0 Å². The molecule has 1 heterocycles. The van der Waals surface area contributed by atoms with Crippen LogP contribution in [0.4, 0.5) is 0 Å². The standard InChI is InChI=1S/C13H16NO.BrH/c1-12-14(10-11-15-12)9-5-8-13-6-3-2-4-7-13;/h2-8H,9-11H2,1H3;1H/q+1;/p-1. The quantitative estimate of drug-likeness (QED) is 0.659. The van der Waals surface area contributed by atoms with Crippen LogP contribution in [0.1, 0.15) is 12.5 Å². The van der Waals surface area contributed by atoms with Crippen LogP contribution in [-0.4, -0.2) is 30.2 Å². The Hall–Kier alpha value is -1.09. The molecule has 0 aromatic heterocycles. The highest BCUT2D eigenvalue weighted by molar-refractivity contribution is 5.68. The van der Waals surface area contributed by atoms with E-state index in [0.717, 1.165) is 25.6 Å². The zero-order valence-electron chi connectivity index (χ0n) is 9.40. The van der Waals surface area contributed by atoms with Crippen LogP contribution in [0.15, 0.2) is 36.4 Å². The minimum atomic E-state index is 0. The summed E-state index contributed by atoms with van der Waals surface area (Å²) in [4.78, 5) is 0. The molecule has 0 aliphatic carbocycles. The fourth-order valence-electron chi connectivity index (χ4n) is 1.65. The van der Waals surface area contributed by atoms with Crippen molar-refractivity contribution in [2.45, 2.75) is 6.92 Å². The van der Waals surface area contributed by atoms with E-state index < -0.39 is 0 Å². The molecular formula is C13H16BrNO. The third-order valence-electron chi connectivity index (χ3n) is 2.55. The predicted octanol–water partition coefficient (Wildman–Crippen LogP) is -0.835. The van der Waals surface area contributed by atoms with Gasteiger partial charge in [-0.15, -0.1) is 0 Å². The van der Waals surface area contributed by atoms with Gasteiger partial charge in [0.2, 0.25) is 0 Å². The zero-order chi connectivity index (χ0) is 10.5. The third kappa shape index (κ3) is 3.49. The van der Waals surface area contributed by atoms with Crippen LogP contribution in [0.2, 0.25) is 0 Å². The molecule has 0 atom stereocenters. The van der Waals surface area contributed by atoms with Crippen LogP contribution in [0.3, 0.4) is 0 Å². The molecule has 0 saturated carbocycles. The number of benzene rings is 1. The summed E-state index contributed by atoms with van der Waals surface area (Å²) >= 11 is 0. The second-order valence-corrected chi connectivity index (χ2v) is 3.63. The van der Waals surface area contributed by atoms with Crippen molar-refractivity contribution in [3.8, 4) is 0 Å². The Morgan fingerprint density at radius 1 is 1.31 bits per heavy atom. The van der Waals surface area contributed by atoms with E-state index in [1.54, 1.807) is 0 Å². The maximum absolute atomic E-state index is 5.38. The van der Waals surface area contributed by atoms with Gasteiger partial charge < -0.3 is 21.7 Å². The Morgan fingerprint density at radius 3 is 2.69 bits per heavy atom. The van der Waals surface area contributed by atoms with Gasteiger partial charge in [0.1, 0.15) is 0 Å². The van der Waals surface area contributed by atoms with Crippen molar-refractivity contribution < 1.29 is 26.3 Å². The Kier molecular flexibility index (Phi) is 5.26. The Morgan fingerprint density at radius 2 is 2.06 bits per heavy atom. The minimum absolute atomic E-state index is 0. The number of halogens is 1. The molecule has 3 heteroatoms. The minimum Gasteiger partial charge on any atom is -1.00 e. The molecule has 0 saturated heterocycles. The number of hydrogen-bond donors (Lipinski definition) is 0. The first-order chi connectivity index (χ1) is 7.36. The second-order valence-electron chi connectivity index (χ2n) is 3.63. The highest BCUT2D eigenvalue weighted by atomic mass is 79.9. The molecule has 0 spiro atoms. The van der Waals surface area contributed by atoms with Crippen molar-refractivity contribution >= 4 is 12.0 Å². The SMILES string of the molecule is CC1=[N+](CC=Cc2ccccc2)CCO1.[Br-]. The van der Waals surface area contributed by atoms with Gasteiger partial charge in [0.05, 0.1) is 6.92 Å². The van der Waals surface area contributed by atoms with Gasteiger partial charge in [-0.1, -0.05) is 36.4 Å². The Balaban J connectivity index is 0.00000128. The highest BCUT2D eigenvalue weighted by Gasteiger charge is 2.16. The van der Waals surface area contributed by atoms with Crippen LogP contribution in [-0.2, 0) is 4.74 Å². The molecule has 86 valence electrons. The summed E-state index contributed by atoms with van der Waals surface area (Å²) in [5.41, 5.74) is 1.25. The molecule has 16 heavy (non-hydrogen) atoms. The van der Waals surface area contributed by atoms with Crippen LogP contribution in [0.25, 0.3) is 6.08 Å². The van der Waals surface area contributed by atoms with E-state index in [2.05, 4.69) is 41.0 Å². The largest absolute Gasteiger partial charge is 1.00 e. The fourth-order valence-corrected chi connectivity index (χ4v) is 1.65. The normalized spacial score (nSPS) is 15.1. The number of rotatable bonds is 3. The fraction of sp³-hybridized carbons (Fsp3) is 0.308. The molecule has 1 aliphatic rings. The van der Waals surface area contributed by atoms with Crippen molar-refractivity contribution in [3.63, 3.8) is 0 Å². The van der Waals surface area contributed by atoms with Crippen molar-refractivity contribution in [1.29, 1.82) is 0 Å². The molecule has 0 unspecified atom stereocenters. The second kappa shape index (κ2) is 6.48. The molecule has 0 radical (unpaired) electrons. The molecule has 0 bridgehead atoms. The summed E-state index contributed by atoms with van der Waals surface area (Å²) in [6.45, 7) is 4.78. The number of nitrogens with zero attached hydrogens (tertiary/aromatic N) is 1. The molecule has 0 N–H and O–H groups in total. The first-order valence-electron chi connectivity index (χ1n) is 5.29. The lowest BCUT2D eigenvalue weighted by Crippen LogP contribution is -3.00. The van der Waals surface area contributed by atoms with E-state index in [1.807, 2.05) is 13.0 Å². The summed E-state index contributed by atoms with van der Waals surface area (Å²) in [6.07, 6.45) is 4.32. The average Bonchev–Trinajstić information content (AvgIpc) is 2.66. The molecule has 2 rings (SSSR count). The monoisotopic (exact) mass is 281 g/mol. The maximum atomic E-state index is 5.38. The summed E-state index contributed by atoms with van der Waals surface area (Å²) in [5.74, 6) is 1.03. The smallest absolute Gasteiger partial charge is 0.333 e. The zero-order valence-corrected chi connectivity index (χ0v) is 11.0. The Bertz CT molecular complexity index is 384. The molecule has 0 amide bonds. The van der Waals surface area contributed by atoms with E-state index in [4.69, 9.17) is 4.74 Å². The van der Waals surface area contributed by atoms with Gasteiger partial charge in [-0.05, 0) is 11.6 Å². The first kappa shape index (κ1) is 13.0. The van der Waals surface area contributed by atoms with E-state index >= 15 is 0 Å². The Labute approximate surface area is 107 Å². The lowest BCUT2D eigenvalue weighted by molar-refractivity contribution is -0.508. The van der Waals surface area contributed by atoms with Crippen LogP contribution in [0.5, 0.6) is 0 Å². The topological polar surface area (TPSA) is 12.2 Å². The van der Waals surface area contributed by atoms with Crippen molar-refractivity contribution in [2.75, 3.05) is 19.7 Å². The van der Waals surface area contributed by atoms with Crippen molar-refractivity contribution in [2.24, 2.45) is 0 Å². The molecule has 1 aromatic carbocycles. The van der Waals surface area contributed by atoms with Crippen molar-refractivity contribution in [1.82, 2.24) is 0 Å². The summed E-state index contributed by atoms with van der Waals surface area (Å²) in [7, 11) is 0. The lowest BCUT2D eigenvalue weighted by atomic mass is 10.2. The van der Waals surface area contributed by atoms with Crippen LogP contribution < -0.4 is 17.0 Å². The number of hydrogen-bond acceptors (Lipinski definition) is 1. The van der Waals surface area contributed by atoms with Gasteiger partial charge >= 0.3 is 5.90 Å². The predicted molar refractivity (Wildman–Crippen MR) is 62.1 cm³/mol. The van der Waals surface area contributed by atoms with Gasteiger partial charge in [-0.2, -0.15) is 4.58 Å².